The smallest absolute Gasteiger partial charge is 0.170 e. The minimum Gasteiger partial charge on any atom is -0.293 e. The van der Waals surface area contributed by atoms with Crippen molar-refractivity contribution in [3.8, 4) is 0 Å². The first-order chi connectivity index (χ1) is 8.36. The Bertz CT molecular complexity index is 548. The van der Waals surface area contributed by atoms with Gasteiger partial charge in [0.05, 0.1) is 0 Å². The van der Waals surface area contributed by atoms with Crippen LogP contribution < -0.4 is 0 Å². The summed E-state index contributed by atoms with van der Waals surface area (Å²) in [6.45, 7) is 0. The largest absolute Gasteiger partial charge is 0.293 e. The van der Waals surface area contributed by atoms with Crippen LogP contribution in [0.25, 0.3) is 0 Å². The van der Waals surface area contributed by atoms with Crippen molar-refractivity contribution in [3.05, 3.63) is 65.5 Å². The fourth-order valence-electron chi connectivity index (χ4n) is 2.50. The molecule has 2 aromatic rings. The number of aromatic nitrogens is 1. The minimum atomic E-state index is -0.0152. The van der Waals surface area contributed by atoms with Gasteiger partial charge in [0.25, 0.3) is 0 Å². The first kappa shape index (κ1) is 10.2. The van der Waals surface area contributed by atoms with Crippen LogP contribution in [0.2, 0.25) is 0 Å². The number of ketones is 1. The Kier molecular flexibility index (Phi) is 2.48. The topological polar surface area (TPSA) is 30.0 Å². The lowest BCUT2D eigenvalue weighted by Crippen LogP contribution is -2.20. The van der Waals surface area contributed by atoms with Gasteiger partial charge in [-0.2, -0.15) is 0 Å². The molecule has 1 aliphatic rings. The summed E-state index contributed by atoms with van der Waals surface area (Å²) >= 11 is 0. The Morgan fingerprint density at radius 1 is 1.12 bits per heavy atom. The average Bonchev–Trinajstić information content (AvgIpc) is 2.40. The molecule has 0 N–H and O–H groups in total. The zero-order valence-electron chi connectivity index (χ0n) is 9.47. The van der Waals surface area contributed by atoms with E-state index in [0.717, 1.165) is 24.0 Å². The molecule has 0 saturated carbocycles. The summed E-state index contributed by atoms with van der Waals surface area (Å²) in [7, 11) is 0. The number of benzene rings is 1. The van der Waals surface area contributed by atoms with Gasteiger partial charge in [0.15, 0.2) is 5.78 Å². The van der Waals surface area contributed by atoms with E-state index < -0.39 is 0 Å². The highest BCUT2D eigenvalue weighted by molar-refractivity contribution is 6.03. The maximum atomic E-state index is 12.4. The van der Waals surface area contributed by atoms with Gasteiger partial charge in [-0.3, -0.25) is 9.78 Å². The predicted molar refractivity (Wildman–Crippen MR) is 66.1 cm³/mol. The van der Waals surface area contributed by atoms with Crippen molar-refractivity contribution in [2.24, 2.45) is 0 Å². The first-order valence-corrected chi connectivity index (χ1v) is 5.88. The number of nitrogens with zero attached hydrogens (tertiary/aromatic N) is 1. The quantitative estimate of drug-likeness (QED) is 0.744. The van der Waals surface area contributed by atoms with Gasteiger partial charge in [-0.05, 0) is 30.0 Å². The second-order valence-corrected chi connectivity index (χ2v) is 4.40. The number of carbonyl (C=O) groups excluding carboxylic acids is 1. The Morgan fingerprint density at radius 2 is 2.00 bits per heavy atom. The third-order valence-corrected chi connectivity index (χ3v) is 3.39. The fourth-order valence-corrected chi connectivity index (χ4v) is 2.50. The van der Waals surface area contributed by atoms with Gasteiger partial charge >= 0.3 is 0 Å². The standard InChI is InChI=1S/C15H13NO/c17-15-13-6-2-1-4-11(13)7-8-14(15)12-5-3-9-16-10-12/h1-6,9-10,14H,7-8H2/t14-/m1/s1. The maximum Gasteiger partial charge on any atom is 0.170 e. The van der Waals surface area contributed by atoms with E-state index in [4.69, 9.17) is 0 Å². The summed E-state index contributed by atoms with van der Waals surface area (Å²) in [6, 6.07) is 11.8. The lowest BCUT2D eigenvalue weighted by Gasteiger charge is -2.23. The van der Waals surface area contributed by atoms with Crippen molar-refractivity contribution in [2.75, 3.05) is 0 Å². The van der Waals surface area contributed by atoms with Crippen molar-refractivity contribution < 1.29 is 4.79 Å². The zero-order valence-corrected chi connectivity index (χ0v) is 9.47. The van der Waals surface area contributed by atoms with Crippen molar-refractivity contribution in [1.29, 1.82) is 0 Å². The van der Waals surface area contributed by atoms with Crippen LogP contribution in [0.3, 0.4) is 0 Å². The van der Waals surface area contributed by atoms with Crippen LogP contribution in [0.1, 0.15) is 33.8 Å². The summed E-state index contributed by atoms with van der Waals surface area (Å²) in [5.41, 5.74) is 3.09. The summed E-state index contributed by atoms with van der Waals surface area (Å²) < 4.78 is 0. The van der Waals surface area contributed by atoms with Crippen LogP contribution >= 0.6 is 0 Å². The van der Waals surface area contributed by atoms with E-state index >= 15 is 0 Å². The van der Waals surface area contributed by atoms with Crippen LogP contribution in [0.5, 0.6) is 0 Å². The molecule has 0 radical (unpaired) electrons. The van der Waals surface area contributed by atoms with Crippen molar-refractivity contribution >= 4 is 5.78 Å². The summed E-state index contributed by atoms with van der Waals surface area (Å²) in [6.07, 6.45) is 5.41. The highest BCUT2D eigenvalue weighted by Crippen LogP contribution is 2.31. The van der Waals surface area contributed by atoms with Crippen LogP contribution in [-0.4, -0.2) is 10.8 Å². The molecule has 0 amide bonds. The SMILES string of the molecule is O=C1c2ccccc2CC[C@@H]1c1cccnc1. The molecule has 1 aliphatic carbocycles. The Hall–Kier alpha value is -1.96. The Balaban J connectivity index is 2.00. The molecule has 0 spiro atoms. The first-order valence-electron chi connectivity index (χ1n) is 5.88. The number of carbonyl (C=O) groups is 1. The maximum absolute atomic E-state index is 12.4. The Labute approximate surface area is 100 Å². The predicted octanol–water partition coefficient (Wildman–Crippen LogP) is 2.99. The number of Topliss-reactive ketones (excluding diaryl/α,β-unsaturated/α-hetero) is 1. The van der Waals surface area contributed by atoms with Gasteiger partial charge in [-0.15, -0.1) is 0 Å². The second kappa shape index (κ2) is 4.13. The van der Waals surface area contributed by atoms with E-state index in [1.54, 1.807) is 12.4 Å². The molecular formula is C15H13NO. The van der Waals surface area contributed by atoms with Crippen molar-refractivity contribution in [2.45, 2.75) is 18.8 Å². The molecule has 1 heterocycles. The average molecular weight is 223 g/mol. The van der Waals surface area contributed by atoms with Crippen LogP contribution in [0, 0.1) is 0 Å². The summed E-state index contributed by atoms with van der Waals surface area (Å²) in [5, 5.41) is 0. The van der Waals surface area contributed by atoms with Gasteiger partial charge in [0.2, 0.25) is 0 Å². The molecule has 84 valence electrons. The fraction of sp³-hybridized carbons (Fsp3) is 0.200. The Morgan fingerprint density at radius 3 is 2.82 bits per heavy atom. The van der Waals surface area contributed by atoms with Gasteiger partial charge in [-0.1, -0.05) is 30.3 Å². The van der Waals surface area contributed by atoms with E-state index in [2.05, 4.69) is 4.98 Å². The van der Waals surface area contributed by atoms with Crippen LogP contribution in [0.4, 0.5) is 0 Å². The molecule has 1 aromatic heterocycles. The molecule has 2 heteroatoms. The molecular weight excluding hydrogens is 210 g/mol. The van der Waals surface area contributed by atoms with Crippen LogP contribution in [0.15, 0.2) is 48.8 Å². The monoisotopic (exact) mass is 223 g/mol. The number of aryl methyl sites for hydroxylation is 1. The van der Waals surface area contributed by atoms with E-state index in [-0.39, 0.29) is 11.7 Å². The summed E-state index contributed by atoms with van der Waals surface area (Å²) in [5.74, 6) is 0.221. The third-order valence-electron chi connectivity index (χ3n) is 3.39. The van der Waals surface area contributed by atoms with Crippen molar-refractivity contribution in [1.82, 2.24) is 4.98 Å². The number of rotatable bonds is 1. The highest BCUT2D eigenvalue weighted by Gasteiger charge is 2.28. The molecule has 0 fully saturated rings. The summed E-state index contributed by atoms with van der Waals surface area (Å²) in [4.78, 5) is 16.5. The normalized spacial score (nSPS) is 18.8. The number of hydrogen-bond donors (Lipinski definition) is 0. The molecule has 0 unspecified atom stereocenters. The van der Waals surface area contributed by atoms with Gasteiger partial charge in [0, 0.05) is 23.9 Å². The van der Waals surface area contributed by atoms with E-state index in [0.29, 0.717) is 0 Å². The molecule has 1 aromatic carbocycles. The molecule has 0 bridgehead atoms. The van der Waals surface area contributed by atoms with E-state index in [1.165, 1.54) is 5.56 Å². The van der Waals surface area contributed by atoms with Gasteiger partial charge in [0.1, 0.15) is 0 Å². The minimum absolute atomic E-state index is 0.0152. The number of hydrogen-bond acceptors (Lipinski definition) is 2. The molecule has 2 nitrogen and oxygen atoms in total. The van der Waals surface area contributed by atoms with Gasteiger partial charge in [-0.25, -0.2) is 0 Å². The number of fused-ring (bicyclic) bond motifs is 1. The molecule has 0 aliphatic heterocycles. The lowest BCUT2D eigenvalue weighted by molar-refractivity contribution is 0.0946. The molecule has 1 atom stereocenters. The molecule has 17 heavy (non-hydrogen) atoms. The zero-order chi connectivity index (χ0) is 11.7. The van der Waals surface area contributed by atoms with Crippen LogP contribution in [-0.2, 0) is 6.42 Å². The molecule has 3 rings (SSSR count). The van der Waals surface area contributed by atoms with E-state index in [9.17, 15) is 4.79 Å². The molecule has 0 saturated heterocycles. The number of pyridine rings is 1. The highest BCUT2D eigenvalue weighted by atomic mass is 16.1. The lowest BCUT2D eigenvalue weighted by atomic mass is 9.80. The van der Waals surface area contributed by atoms with E-state index in [1.807, 2.05) is 36.4 Å². The second-order valence-electron chi connectivity index (χ2n) is 4.40. The third kappa shape index (κ3) is 1.76. The van der Waals surface area contributed by atoms with Gasteiger partial charge < -0.3 is 0 Å². The van der Waals surface area contributed by atoms with Crippen molar-refractivity contribution in [3.63, 3.8) is 0 Å².